The summed E-state index contributed by atoms with van der Waals surface area (Å²) in [4.78, 5) is 24.6. The van der Waals surface area contributed by atoms with E-state index in [2.05, 4.69) is 20.3 Å². The van der Waals surface area contributed by atoms with Gasteiger partial charge in [0, 0.05) is 67.1 Å². The van der Waals surface area contributed by atoms with Crippen molar-refractivity contribution in [3.05, 3.63) is 89.0 Å². The number of halogens is 1. The van der Waals surface area contributed by atoms with Crippen LogP contribution in [0.3, 0.4) is 0 Å². The van der Waals surface area contributed by atoms with Crippen molar-refractivity contribution in [1.29, 1.82) is 0 Å². The van der Waals surface area contributed by atoms with Crippen molar-refractivity contribution < 1.29 is 23.7 Å². The molecule has 1 amide bonds. The highest BCUT2D eigenvalue weighted by molar-refractivity contribution is 6.30. The molecule has 6 rings (SSSR count). The van der Waals surface area contributed by atoms with Crippen molar-refractivity contribution in [2.24, 2.45) is 13.0 Å². The molecule has 3 aromatic heterocycles. The van der Waals surface area contributed by atoms with Crippen LogP contribution in [0.2, 0.25) is 5.15 Å². The van der Waals surface area contributed by atoms with Crippen LogP contribution in [-0.2, 0) is 24.9 Å². The van der Waals surface area contributed by atoms with Crippen LogP contribution in [0.15, 0.2) is 67.1 Å². The second-order valence-corrected chi connectivity index (χ2v) is 11.5. The number of anilines is 2. The van der Waals surface area contributed by atoms with Crippen LogP contribution in [0.4, 0.5) is 11.6 Å². The third kappa shape index (κ3) is 6.50. The number of pyridine rings is 2. The van der Waals surface area contributed by atoms with Gasteiger partial charge in [0.25, 0.3) is 0 Å². The van der Waals surface area contributed by atoms with E-state index < -0.39 is 0 Å². The normalized spacial score (nSPS) is 15.3. The number of hydrogen-bond donors (Lipinski definition) is 1. The Bertz CT molecular complexity index is 1840. The van der Waals surface area contributed by atoms with E-state index in [4.69, 9.17) is 35.5 Å². The molecule has 1 aliphatic carbocycles. The molecule has 1 saturated carbocycles. The molecule has 1 fully saturated rings. The summed E-state index contributed by atoms with van der Waals surface area (Å²) >= 11 is 6.64. The highest BCUT2D eigenvalue weighted by Crippen LogP contribution is 2.48. The van der Waals surface area contributed by atoms with E-state index in [-0.39, 0.29) is 17.7 Å². The maximum atomic E-state index is 13.1. The molecule has 11 nitrogen and oxygen atoms in total. The number of aryl methyl sites for hydroxylation is 1. The van der Waals surface area contributed by atoms with Crippen molar-refractivity contribution in [3.63, 3.8) is 0 Å². The molecular weight excluding hydrogens is 608 g/mol. The Morgan fingerprint density at radius 1 is 0.935 bits per heavy atom. The zero-order chi connectivity index (χ0) is 32.4. The van der Waals surface area contributed by atoms with Gasteiger partial charge in [-0.2, -0.15) is 5.10 Å². The van der Waals surface area contributed by atoms with Crippen molar-refractivity contribution >= 4 is 39.9 Å². The number of carbonyl (C=O) groups excluding carboxylic acids is 1. The Hall–Kier alpha value is -5.03. The minimum Gasteiger partial charge on any atom is -0.497 e. The van der Waals surface area contributed by atoms with Crippen LogP contribution in [0.25, 0.3) is 10.8 Å². The molecule has 0 unspecified atom stereocenters. The van der Waals surface area contributed by atoms with Gasteiger partial charge in [0.05, 0.1) is 34.6 Å². The Balaban J connectivity index is 1.34. The van der Waals surface area contributed by atoms with Crippen LogP contribution < -0.4 is 29.2 Å². The number of rotatable bonds is 12. The van der Waals surface area contributed by atoms with Crippen LogP contribution in [0, 0.1) is 5.92 Å². The first-order valence-electron chi connectivity index (χ1n) is 14.7. The number of aromatic nitrogens is 4. The molecule has 0 bridgehead atoms. The standard InChI is InChI=1S/C34H35ClN6O5/c1-40-17-23(15-37-40)26-14-27(26)34(42)39-32-11-22-10-31(35)38-33(28(22)16-36-32)41(18-20-6-8-24(43-2)12-29(20)45-4)19-21-7-9-25(44-3)13-30(21)46-5/h6-13,15-17,26-27H,14,18-19H2,1-5H3,(H,36,39,42)/t26-,27+/m1/s1. The highest BCUT2D eigenvalue weighted by atomic mass is 35.5. The maximum Gasteiger partial charge on any atom is 0.229 e. The first kappa shape index (κ1) is 31.0. The molecule has 2 aromatic carbocycles. The van der Waals surface area contributed by atoms with Crippen LogP contribution in [0.1, 0.15) is 29.0 Å². The number of ether oxygens (including phenoxy) is 4. The van der Waals surface area contributed by atoms with Gasteiger partial charge in [-0.15, -0.1) is 0 Å². The van der Waals surface area contributed by atoms with Crippen molar-refractivity contribution in [2.75, 3.05) is 38.7 Å². The minimum absolute atomic E-state index is 0.0686. The predicted octanol–water partition coefficient (Wildman–Crippen LogP) is 6.00. The second-order valence-electron chi connectivity index (χ2n) is 11.2. The van der Waals surface area contributed by atoms with Gasteiger partial charge in [0.2, 0.25) is 5.91 Å². The average Bonchev–Trinajstić information content (AvgIpc) is 3.76. The lowest BCUT2D eigenvalue weighted by atomic mass is 10.1. The summed E-state index contributed by atoms with van der Waals surface area (Å²) in [6.07, 6.45) is 6.28. The molecule has 0 saturated heterocycles. The Morgan fingerprint density at radius 2 is 1.59 bits per heavy atom. The molecule has 1 N–H and O–H groups in total. The third-order valence-electron chi connectivity index (χ3n) is 8.21. The lowest BCUT2D eigenvalue weighted by Gasteiger charge is -2.27. The van der Waals surface area contributed by atoms with Crippen molar-refractivity contribution in [3.8, 4) is 23.0 Å². The number of carbonyl (C=O) groups is 1. The molecule has 0 spiro atoms. The molecule has 5 aromatic rings. The zero-order valence-corrected chi connectivity index (χ0v) is 27.0. The lowest BCUT2D eigenvalue weighted by Crippen LogP contribution is -2.24. The first-order valence-corrected chi connectivity index (χ1v) is 15.1. The fourth-order valence-electron chi connectivity index (χ4n) is 5.69. The Kier molecular flexibility index (Phi) is 8.85. The van der Waals surface area contributed by atoms with Crippen molar-refractivity contribution in [1.82, 2.24) is 19.7 Å². The summed E-state index contributed by atoms with van der Waals surface area (Å²) in [6, 6.07) is 15.0. The van der Waals surface area contributed by atoms with E-state index in [1.807, 2.05) is 61.9 Å². The summed E-state index contributed by atoms with van der Waals surface area (Å²) in [7, 11) is 8.36. The number of hydrogen-bond acceptors (Lipinski definition) is 9. The first-order chi connectivity index (χ1) is 22.3. The number of nitrogens with one attached hydrogen (secondary N) is 1. The summed E-state index contributed by atoms with van der Waals surface area (Å²) < 4.78 is 24.0. The monoisotopic (exact) mass is 642 g/mol. The summed E-state index contributed by atoms with van der Waals surface area (Å²) in [5.74, 6) is 3.76. The molecule has 238 valence electrons. The topological polar surface area (TPSA) is 113 Å². The molecule has 2 atom stereocenters. The summed E-state index contributed by atoms with van der Waals surface area (Å²) in [5, 5.41) is 9.08. The lowest BCUT2D eigenvalue weighted by molar-refractivity contribution is -0.117. The second kappa shape index (κ2) is 13.1. The SMILES string of the molecule is COc1ccc(CN(Cc2ccc(OC)cc2OC)c2nc(Cl)cc3cc(NC(=O)[C@H]4C[C@@H]4c4cnn(C)c4)ncc23)c(OC)c1. The number of amides is 1. The fourth-order valence-corrected chi connectivity index (χ4v) is 5.89. The third-order valence-corrected chi connectivity index (χ3v) is 8.40. The molecule has 0 radical (unpaired) electrons. The van der Waals surface area contributed by atoms with E-state index in [1.54, 1.807) is 45.4 Å². The highest BCUT2D eigenvalue weighted by Gasteiger charge is 2.44. The zero-order valence-electron chi connectivity index (χ0n) is 26.3. The number of nitrogens with zero attached hydrogens (tertiary/aromatic N) is 5. The molecule has 3 heterocycles. The smallest absolute Gasteiger partial charge is 0.229 e. The van der Waals surface area contributed by atoms with E-state index >= 15 is 0 Å². The van der Waals surface area contributed by atoms with Gasteiger partial charge in [-0.05, 0) is 59.7 Å². The maximum absolute atomic E-state index is 13.1. The number of fused-ring (bicyclic) bond motifs is 1. The van der Waals surface area contributed by atoms with Gasteiger partial charge in [0.1, 0.15) is 39.8 Å². The van der Waals surface area contributed by atoms with E-state index in [0.717, 1.165) is 33.9 Å². The molecule has 46 heavy (non-hydrogen) atoms. The van der Waals surface area contributed by atoms with Gasteiger partial charge >= 0.3 is 0 Å². The number of benzene rings is 2. The largest absolute Gasteiger partial charge is 0.497 e. The number of methoxy groups -OCH3 is 4. The average molecular weight is 643 g/mol. The molecule has 0 aliphatic heterocycles. The quantitative estimate of drug-likeness (QED) is 0.164. The van der Waals surface area contributed by atoms with Gasteiger partial charge in [-0.1, -0.05) is 11.6 Å². The molecule has 12 heteroatoms. The van der Waals surface area contributed by atoms with Gasteiger partial charge in [-0.25, -0.2) is 9.97 Å². The Labute approximate surface area is 272 Å². The van der Waals surface area contributed by atoms with Gasteiger partial charge in [0.15, 0.2) is 0 Å². The van der Waals surface area contributed by atoms with Gasteiger partial charge < -0.3 is 29.2 Å². The van der Waals surface area contributed by atoms with Crippen molar-refractivity contribution in [2.45, 2.75) is 25.4 Å². The summed E-state index contributed by atoms with van der Waals surface area (Å²) in [6.45, 7) is 0.835. The molecular formula is C34H35ClN6O5. The Morgan fingerprint density at radius 3 is 2.15 bits per heavy atom. The predicted molar refractivity (Wildman–Crippen MR) is 176 cm³/mol. The minimum atomic E-state index is -0.118. The van der Waals surface area contributed by atoms with Gasteiger partial charge in [-0.3, -0.25) is 9.48 Å². The van der Waals surface area contributed by atoms with Crippen LogP contribution >= 0.6 is 11.6 Å². The van der Waals surface area contributed by atoms with E-state index in [9.17, 15) is 4.79 Å². The van der Waals surface area contributed by atoms with Crippen LogP contribution in [0.5, 0.6) is 23.0 Å². The van der Waals surface area contributed by atoms with E-state index in [0.29, 0.717) is 52.9 Å². The fraction of sp³-hybridized carbons (Fsp3) is 0.294. The molecule has 1 aliphatic rings. The summed E-state index contributed by atoms with van der Waals surface area (Å²) in [5.41, 5.74) is 2.89. The van der Waals surface area contributed by atoms with Crippen LogP contribution in [-0.4, -0.2) is 54.1 Å². The van der Waals surface area contributed by atoms with E-state index in [1.165, 1.54) is 0 Å².